The van der Waals surface area contributed by atoms with Crippen molar-refractivity contribution in [2.24, 2.45) is 0 Å². The van der Waals surface area contributed by atoms with E-state index in [1.54, 1.807) is 4.90 Å². The Morgan fingerprint density at radius 1 is 0.849 bits per heavy atom. The van der Waals surface area contributed by atoms with Crippen molar-refractivity contribution in [3.63, 3.8) is 0 Å². The molecule has 8 nitrogen and oxygen atoms in total. The van der Waals surface area contributed by atoms with Crippen LogP contribution in [0, 0.1) is 0 Å². The number of likely N-dealkylation sites (tertiary alicyclic amines) is 1. The van der Waals surface area contributed by atoms with E-state index in [0.29, 0.717) is 49.8 Å². The third-order valence-corrected chi connectivity index (χ3v) is 11.6. The Kier molecular flexibility index (Phi) is 10.3. The fraction of sp³-hybridized carbons (Fsp3) is 0.378. The normalized spacial score (nSPS) is 23.0. The Bertz CT molecular complexity index is 1960. The van der Waals surface area contributed by atoms with E-state index in [9.17, 15) is 14.7 Å². The molecule has 0 saturated carbocycles. The van der Waals surface area contributed by atoms with Crippen molar-refractivity contribution >= 4 is 11.8 Å². The molecular formula is C45H49N3O5. The molecule has 4 aromatic carbocycles. The average Bonchev–Trinajstić information content (AvgIpc) is 3.50. The molecule has 0 aromatic heterocycles. The summed E-state index contributed by atoms with van der Waals surface area (Å²) < 4.78 is 12.6. The summed E-state index contributed by atoms with van der Waals surface area (Å²) in [6.45, 7) is 8.35. The van der Waals surface area contributed by atoms with Gasteiger partial charge in [0.1, 0.15) is 24.1 Å². The van der Waals surface area contributed by atoms with Gasteiger partial charge in [0.25, 0.3) is 5.91 Å². The second-order valence-electron chi connectivity index (χ2n) is 15.1. The van der Waals surface area contributed by atoms with Crippen LogP contribution in [-0.2, 0) is 28.9 Å². The number of allylic oxidation sites excluding steroid dienone is 1. The van der Waals surface area contributed by atoms with Crippen molar-refractivity contribution in [3.05, 3.63) is 142 Å². The molecule has 0 spiro atoms. The minimum Gasteiger partial charge on any atom is -0.508 e. The number of carbonyl (C=O) groups is 2. The molecule has 8 rings (SSSR count). The SMILES string of the molecule is C=C1CC[C@H](N2Cc3cc(CCOC4CCCN(CCOc5ccc([C@@H]6c7ccc(O)cc7CC[C@@H]6c6ccccc6)cc5)C4)ccc3C2=O)C(=O)N1. The summed E-state index contributed by atoms with van der Waals surface area (Å²) in [5.41, 5.74) is 8.71. The summed E-state index contributed by atoms with van der Waals surface area (Å²) >= 11 is 0. The first-order valence-electron chi connectivity index (χ1n) is 19.2. The zero-order valence-corrected chi connectivity index (χ0v) is 30.3. The van der Waals surface area contributed by atoms with Gasteiger partial charge in [-0.1, -0.05) is 67.2 Å². The van der Waals surface area contributed by atoms with Crippen molar-refractivity contribution in [2.75, 3.05) is 32.8 Å². The van der Waals surface area contributed by atoms with Gasteiger partial charge in [-0.05, 0) is 121 Å². The van der Waals surface area contributed by atoms with Gasteiger partial charge in [0.2, 0.25) is 5.91 Å². The lowest BCUT2D eigenvalue weighted by Gasteiger charge is -2.35. The highest BCUT2D eigenvalue weighted by atomic mass is 16.5. The summed E-state index contributed by atoms with van der Waals surface area (Å²) in [6.07, 6.45) is 6.43. The number of phenols is 1. The van der Waals surface area contributed by atoms with Crippen molar-refractivity contribution < 1.29 is 24.2 Å². The van der Waals surface area contributed by atoms with Crippen LogP contribution < -0.4 is 10.1 Å². The van der Waals surface area contributed by atoms with E-state index in [-0.39, 0.29) is 23.8 Å². The molecule has 0 bridgehead atoms. The summed E-state index contributed by atoms with van der Waals surface area (Å²) in [6, 6.07) is 30.9. The number of amides is 2. The lowest BCUT2D eigenvalue weighted by atomic mass is 9.69. The van der Waals surface area contributed by atoms with E-state index < -0.39 is 6.04 Å². The fourth-order valence-electron chi connectivity index (χ4n) is 8.90. The van der Waals surface area contributed by atoms with Crippen LogP contribution in [0.15, 0.2) is 103 Å². The quantitative estimate of drug-likeness (QED) is 0.173. The molecule has 2 N–H and O–H groups in total. The van der Waals surface area contributed by atoms with E-state index in [1.165, 1.54) is 22.3 Å². The maximum atomic E-state index is 13.1. The third-order valence-electron chi connectivity index (χ3n) is 11.6. The molecule has 2 fully saturated rings. The zero-order valence-electron chi connectivity index (χ0n) is 30.3. The van der Waals surface area contributed by atoms with Crippen LogP contribution in [0.4, 0.5) is 0 Å². The summed E-state index contributed by atoms with van der Waals surface area (Å²) in [4.78, 5) is 29.8. The number of ether oxygens (including phenoxy) is 2. The van der Waals surface area contributed by atoms with Crippen LogP contribution in [0.25, 0.3) is 0 Å². The van der Waals surface area contributed by atoms with E-state index in [2.05, 4.69) is 83.5 Å². The number of benzene rings is 4. The number of nitrogens with zero attached hydrogens (tertiary/aromatic N) is 2. The number of fused-ring (bicyclic) bond motifs is 2. The van der Waals surface area contributed by atoms with Gasteiger partial charge < -0.3 is 24.8 Å². The number of phenolic OH excluding ortho intramolecular Hbond substituents is 1. The fourth-order valence-corrected chi connectivity index (χ4v) is 8.90. The van der Waals surface area contributed by atoms with Crippen molar-refractivity contribution in [2.45, 2.75) is 75.5 Å². The van der Waals surface area contributed by atoms with Crippen LogP contribution in [0.3, 0.4) is 0 Å². The van der Waals surface area contributed by atoms with E-state index in [4.69, 9.17) is 9.47 Å². The number of piperidine rings is 2. The Morgan fingerprint density at radius 3 is 2.53 bits per heavy atom. The van der Waals surface area contributed by atoms with Crippen LogP contribution in [0.5, 0.6) is 11.5 Å². The standard InChI is InChI=1S/C45H49N3O5/c1-30-9-20-42(44(50)46-30)48-28-35-26-31(10-17-41(35)45(48)51)21-24-52-38-8-5-22-47(29-38)23-25-53-37-15-11-33(12-16-37)43-39(32-6-3-2-4-7-32)18-13-34-27-36(49)14-19-40(34)43/h2-4,6-7,10-12,14-17,19,26-27,38-39,42-43,49H,1,5,8-9,13,18,20-25,28-29H2,(H,46,50)/t38?,39-,42+,43+/m1/s1. The molecular weight excluding hydrogens is 663 g/mol. The first kappa shape index (κ1) is 35.1. The molecule has 2 saturated heterocycles. The van der Waals surface area contributed by atoms with E-state index in [0.717, 1.165) is 74.3 Å². The molecule has 3 heterocycles. The Labute approximate surface area is 312 Å². The average molecular weight is 712 g/mol. The molecule has 3 aliphatic heterocycles. The number of hydrogen-bond donors (Lipinski definition) is 2. The summed E-state index contributed by atoms with van der Waals surface area (Å²) in [5.74, 6) is 1.60. The van der Waals surface area contributed by atoms with Gasteiger partial charge >= 0.3 is 0 Å². The highest BCUT2D eigenvalue weighted by Gasteiger charge is 2.38. The van der Waals surface area contributed by atoms with E-state index in [1.807, 2.05) is 24.3 Å². The van der Waals surface area contributed by atoms with Gasteiger partial charge in [0, 0.05) is 36.8 Å². The van der Waals surface area contributed by atoms with Gasteiger partial charge in [-0.2, -0.15) is 0 Å². The Morgan fingerprint density at radius 2 is 1.70 bits per heavy atom. The molecule has 2 amide bonds. The summed E-state index contributed by atoms with van der Waals surface area (Å²) in [5, 5.41) is 13.0. The second-order valence-corrected chi connectivity index (χ2v) is 15.1. The third kappa shape index (κ3) is 7.75. The molecule has 274 valence electrons. The largest absolute Gasteiger partial charge is 0.508 e. The molecule has 4 atom stereocenters. The molecule has 4 aromatic rings. The molecule has 8 heteroatoms. The lowest BCUT2D eigenvalue weighted by Crippen LogP contribution is -2.49. The maximum Gasteiger partial charge on any atom is 0.255 e. The first-order chi connectivity index (χ1) is 25.9. The number of nitrogens with one attached hydrogen (secondary N) is 1. The predicted octanol–water partition coefficient (Wildman–Crippen LogP) is 7.10. The second kappa shape index (κ2) is 15.6. The first-order valence-corrected chi connectivity index (χ1v) is 19.2. The highest BCUT2D eigenvalue weighted by molar-refractivity contribution is 6.01. The smallest absolute Gasteiger partial charge is 0.255 e. The number of rotatable bonds is 11. The summed E-state index contributed by atoms with van der Waals surface area (Å²) in [7, 11) is 0. The monoisotopic (exact) mass is 711 g/mol. The minimum atomic E-state index is -0.441. The number of aromatic hydroxyl groups is 1. The van der Waals surface area contributed by atoms with Crippen molar-refractivity contribution in [1.82, 2.24) is 15.1 Å². The van der Waals surface area contributed by atoms with Crippen LogP contribution in [-0.4, -0.2) is 71.7 Å². The molecule has 1 aliphatic carbocycles. The molecule has 0 radical (unpaired) electrons. The number of carbonyl (C=O) groups excluding carboxylic acids is 2. The van der Waals surface area contributed by atoms with Gasteiger partial charge in [-0.15, -0.1) is 0 Å². The Balaban J connectivity index is 0.811. The zero-order chi connectivity index (χ0) is 36.3. The van der Waals surface area contributed by atoms with Crippen LogP contribution >= 0.6 is 0 Å². The molecule has 4 aliphatic rings. The van der Waals surface area contributed by atoms with Gasteiger partial charge in [-0.3, -0.25) is 14.5 Å². The maximum absolute atomic E-state index is 13.1. The van der Waals surface area contributed by atoms with Crippen LogP contribution in [0.2, 0.25) is 0 Å². The molecule has 53 heavy (non-hydrogen) atoms. The number of hydrogen-bond acceptors (Lipinski definition) is 6. The minimum absolute atomic E-state index is 0.0658. The van der Waals surface area contributed by atoms with Gasteiger partial charge in [0.15, 0.2) is 0 Å². The van der Waals surface area contributed by atoms with E-state index >= 15 is 0 Å². The topological polar surface area (TPSA) is 91.3 Å². The lowest BCUT2D eigenvalue weighted by molar-refractivity contribution is -0.126. The Hall–Kier alpha value is -4.92. The van der Waals surface area contributed by atoms with Crippen molar-refractivity contribution in [1.29, 1.82) is 0 Å². The van der Waals surface area contributed by atoms with Gasteiger partial charge in [0.05, 0.1) is 12.7 Å². The van der Waals surface area contributed by atoms with Gasteiger partial charge in [-0.25, -0.2) is 0 Å². The van der Waals surface area contributed by atoms with Crippen LogP contribution in [0.1, 0.15) is 87.7 Å². The van der Waals surface area contributed by atoms with Crippen molar-refractivity contribution in [3.8, 4) is 11.5 Å². The number of aryl methyl sites for hydroxylation is 1. The molecule has 1 unspecified atom stereocenters. The predicted molar refractivity (Wildman–Crippen MR) is 205 cm³/mol. The highest BCUT2D eigenvalue weighted by Crippen LogP contribution is 2.47.